The number of likely N-dealkylation sites (N-methyl/N-ethyl adjacent to an activating group) is 1. The van der Waals surface area contributed by atoms with E-state index in [9.17, 15) is 14.4 Å². The van der Waals surface area contributed by atoms with Gasteiger partial charge in [-0.2, -0.15) is 0 Å². The normalized spacial score (nSPS) is 15.5. The van der Waals surface area contributed by atoms with Crippen molar-refractivity contribution in [2.75, 3.05) is 33.2 Å². The summed E-state index contributed by atoms with van der Waals surface area (Å²) >= 11 is 1.15. The first-order valence-corrected chi connectivity index (χ1v) is 9.88. The van der Waals surface area contributed by atoms with Crippen molar-refractivity contribution >= 4 is 33.4 Å². The Bertz CT molecular complexity index is 925. The fourth-order valence-corrected chi connectivity index (χ4v) is 4.14. The summed E-state index contributed by atoms with van der Waals surface area (Å²) < 4.78 is 6.57. The van der Waals surface area contributed by atoms with Crippen LogP contribution in [0.25, 0.3) is 10.2 Å². The van der Waals surface area contributed by atoms with Crippen LogP contribution in [0.1, 0.15) is 29.1 Å². The fraction of sp³-hybridized carbons (Fsp3) is 0.556. The van der Waals surface area contributed by atoms with Gasteiger partial charge >= 0.3 is 5.97 Å². The molecule has 3 heterocycles. The third kappa shape index (κ3) is 4.03. The number of aryl methyl sites for hydroxylation is 1. The number of nitrogens with zero attached hydrogens (tertiary/aromatic N) is 3. The van der Waals surface area contributed by atoms with Gasteiger partial charge in [0.2, 0.25) is 5.91 Å². The molecule has 0 unspecified atom stereocenters. The molecule has 8 nitrogen and oxygen atoms in total. The van der Waals surface area contributed by atoms with Gasteiger partial charge in [-0.1, -0.05) is 0 Å². The molecular formula is C18H25N4O4S+. The second-order valence-corrected chi connectivity index (χ2v) is 8.20. The summed E-state index contributed by atoms with van der Waals surface area (Å²) in [6.07, 6.45) is 1.15. The molecule has 0 spiro atoms. The highest BCUT2D eigenvalue weighted by Gasteiger charge is 2.24. The summed E-state index contributed by atoms with van der Waals surface area (Å²) in [7, 11) is 2.10. The largest absolute Gasteiger partial charge is 0.459 e. The van der Waals surface area contributed by atoms with Crippen molar-refractivity contribution in [2.24, 2.45) is 0 Å². The van der Waals surface area contributed by atoms with Crippen LogP contribution in [0.5, 0.6) is 0 Å². The molecule has 1 aliphatic heterocycles. The number of esters is 1. The minimum absolute atomic E-state index is 0.0398. The zero-order chi connectivity index (χ0) is 19.7. The summed E-state index contributed by atoms with van der Waals surface area (Å²) in [6, 6.07) is 0. The van der Waals surface area contributed by atoms with E-state index in [0.717, 1.165) is 24.4 Å². The van der Waals surface area contributed by atoms with Crippen LogP contribution in [0.2, 0.25) is 0 Å². The van der Waals surface area contributed by atoms with Crippen molar-refractivity contribution in [3.63, 3.8) is 0 Å². The van der Waals surface area contributed by atoms with Gasteiger partial charge in [0.1, 0.15) is 16.3 Å². The molecule has 1 fully saturated rings. The number of carbonyl (C=O) groups excluding carboxylic acids is 2. The van der Waals surface area contributed by atoms with Crippen molar-refractivity contribution < 1.29 is 19.2 Å². The highest BCUT2D eigenvalue weighted by molar-refractivity contribution is 7.20. The molecule has 9 heteroatoms. The molecule has 1 N–H and O–H groups in total. The molecule has 0 saturated carbocycles. The lowest BCUT2D eigenvalue weighted by Crippen LogP contribution is -3.12. The molecule has 0 bridgehead atoms. The molecule has 0 aromatic carbocycles. The van der Waals surface area contributed by atoms with Gasteiger partial charge in [-0.25, -0.2) is 9.78 Å². The summed E-state index contributed by atoms with van der Waals surface area (Å²) in [5.74, 6) is -0.537. The SMILES string of the molecule is Cc1c(C(=O)OC(C)C)sc2ncn(CC(=O)N3CC[NH+](C)CC3)c(=O)c12. The standard InChI is InChI=1S/C18H24N4O4S/c1-11(2)26-18(25)15-12(3)14-16(27-15)19-10-22(17(14)24)9-13(23)21-7-5-20(4)6-8-21/h10-11H,5-9H2,1-4H3/p+1. The zero-order valence-electron chi connectivity index (χ0n) is 16.1. The Labute approximate surface area is 161 Å². The van der Waals surface area contributed by atoms with E-state index >= 15 is 0 Å². The number of ether oxygens (including phenoxy) is 1. The van der Waals surface area contributed by atoms with Crippen molar-refractivity contribution in [3.8, 4) is 0 Å². The number of thiophene rings is 1. The highest BCUT2D eigenvalue weighted by atomic mass is 32.1. The maximum atomic E-state index is 12.9. The van der Waals surface area contributed by atoms with E-state index < -0.39 is 5.97 Å². The Balaban J connectivity index is 1.86. The van der Waals surface area contributed by atoms with Gasteiger partial charge in [0, 0.05) is 0 Å². The Hall–Kier alpha value is -2.26. The fourth-order valence-electron chi connectivity index (χ4n) is 3.12. The number of aromatic nitrogens is 2. The van der Waals surface area contributed by atoms with Crippen LogP contribution in [0.3, 0.4) is 0 Å². The Morgan fingerprint density at radius 3 is 2.63 bits per heavy atom. The second-order valence-electron chi connectivity index (χ2n) is 7.21. The monoisotopic (exact) mass is 393 g/mol. The number of hydrogen-bond donors (Lipinski definition) is 1. The zero-order valence-corrected chi connectivity index (χ0v) is 16.9. The average molecular weight is 393 g/mol. The molecule has 0 aliphatic carbocycles. The quantitative estimate of drug-likeness (QED) is 0.720. The van der Waals surface area contributed by atoms with E-state index in [-0.39, 0.29) is 24.1 Å². The number of amides is 1. The van der Waals surface area contributed by atoms with E-state index in [4.69, 9.17) is 4.74 Å². The Kier molecular flexibility index (Phi) is 5.61. The predicted molar refractivity (Wildman–Crippen MR) is 102 cm³/mol. The molecule has 27 heavy (non-hydrogen) atoms. The summed E-state index contributed by atoms with van der Waals surface area (Å²) in [5, 5.41) is 0.383. The van der Waals surface area contributed by atoms with Crippen LogP contribution in [0, 0.1) is 6.92 Å². The second kappa shape index (κ2) is 7.77. The molecule has 3 rings (SSSR count). The molecule has 0 radical (unpaired) electrons. The molecule has 146 valence electrons. The van der Waals surface area contributed by atoms with Gasteiger partial charge in [0.15, 0.2) is 0 Å². The van der Waals surface area contributed by atoms with Crippen molar-refractivity contribution in [1.82, 2.24) is 14.5 Å². The molecule has 2 aromatic heterocycles. The Morgan fingerprint density at radius 1 is 1.33 bits per heavy atom. The number of carbonyl (C=O) groups is 2. The maximum Gasteiger partial charge on any atom is 0.348 e. The van der Waals surface area contributed by atoms with Gasteiger partial charge in [-0.3, -0.25) is 14.2 Å². The third-order valence-corrected chi connectivity index (χ3v) is 5.90. The third-order valence-electron chi connectivity index (χ3n) is 4.72. The lowest BCUT2D eigenvalue weighted by atomic mass is 10.2. The first-order chi connectivity index (χ1) is 12.8. The molecular weight excluding hydrogens is 368 g/mol. The first-order valence-electron chi connectivity index (χ1n) is 9.06. The number of quaternary nitrogens is 1. The molecule has 1 amide bonds. The lowest BCUT2D eigenvalue weighted by molar-refractivity contribution is -0.883. The van der Waals surface area contributed by atoms with Crippen LogP contribution < -0.4 is 10.5 Å². The first kappa shape index (κ1) is 19.5. The van der Waals surface area contributed by atoms with Gasteiger partial charge < -0.3 is 14.5 Å². The number of nitrogens with one attached hydrogen (secondary N) is 1. The van der Waals surface area contributed by atoms with E-state index in [1.165, 1.54) is 15.8 Å². The van der Waals surface area contributed by atoms with E-state index in [0.29, 0.717) is 33.7 Å². The minimum atomic E-state index is -0.451. The summed E-state index contributed by atoms with van der Waals surface area (Å²) in [5.41, 5.74) is 0.258. The van der Waals surface area contributed by atoms with E-state index in [1.807, 2.05) is 0 Å². The van der Waals surface area contributed by atoms with Crippen molar-refractivity contribution in [1.29, 1.82) is 0 Å². The van der Waals surface area contributed by atoms with Crippen molar-refractivity contribution in [3.05, 3.63) is 27.1 Å². The van der Waals surface area contributed by atoms with Gasteiger partial charge in [0.25, 0.3) is 5.56 Å². The lowest BCUT2D eigenvalue weighted by Gasteiger charge is -2.30. The smallest absolute Gasteiger partial charge is 0.348 e. The van der Waals surface area contributed by atoms with Crippen LogP contribution in [-0.4, -0.2) is 65.7 Å². The van der Waals surface area contributed by atoms with Crippen LogP contribution >= 0.6 is 11.3 Å². The van der Waals surface area contributed by atoms with Gasteiger partial charge in [-0.05, 0) is 26.3 Å². The number of piperazine rings is 1. The predicted octanol–water partition coefficient (Wildman–Crippen LogP) is -0.311. The van der Waals surface area contributed by atoms with Crippen LogP contribution in [-0.2, 0) is 16.1 Å². The number of rotatable bonds is 4. The maximum absolute atomic E-state index is 12.9. The average Bonchev–Trinajstić information content (AvgIpc) is 2.95. The topological polar surface area (TPSA) is 85.9 Å². The summed E-state index contributed by atoms with van der Waals surface area (Å²) in [6.45, 7) is 8.42. The van der Waals surface area contributed by atoms with Crippen LogP contribution in [0.15, 0.2) is 11.1 Å². The molecule has 1 saturated heterocycles. The Morgan fingerprint density at radius 2 is 2.00 bits per heavy atom. The molecule has 2 aromatic rings. The van der Waals surface area contributed by atoms with E-state index in [2.05, 4.69) is 12.0 Å². The number of fused-ring (bicyclic) bond motifs is 1. The van der Waals surface area contributed by atoms with Gasteiger partial charge in [0.05, 0.1) is 51.0 Å². The van der Waals surface area contributed by atoms with Crippen molar-refractivity contribution in [2.45, 2.75) is 33.4 Å². The summed E-state index contributed by atoms with van der Waals surface area (Å²) in [4.78, 5) is 46.0. The number of hydrogen-bond acceptors (Lipinski definition) is 6. The van der Waals surface area contributed by atoms with Crippen LogP contribution in [0.4, 0.5) is 0 Å². The van der Waals surface area contributed by atoms with Gasteiger partial charge in [-0.15, -0.1) is 11.3 Å². The molecule has 0 atom stereocenters. The molecule has 1 aliphatic rings. The minimum Gasteiger partial charge on any atom is -0.459 e. The highest BCUT2D eigenvalue weighted by Crippen LogP contribution is 2.27. The van der Waals surface area contributed by atoms with E-state index in [1.54, 1.807) is 25.7 Å².